The van der Waals surface area contributed by atoms with E-state index in [-0.39, 0.29) is 12.1 Å². The van der Waals surface area contributed by atoms with E-state index >= 15 is 0 Å². The molecule has 0 aromatic heterocycles. The number of carbonyl (C=O) groups is 1. The van der Waals surface area contributed by atoms with E-state index in [1.165, 1.54) is 0 Å². The van der Waals surface area contributed by atoms with Gasteiger partial charge in [-0.1, -0.05) is 74.5 Å². The van der Waals surface area contributed by atoms with E-state index in [9.17, 15) is 9.36 Å². The van der Waals surface area contributed by atoms with Crippen LogP contribution >= 0.6 is 7.14 Å². The van der Waals surface area contributed by atoms with Crippen molar-refractivity contribution in [3.63, 3.8) is 0 Å². The molecule has 0 bridgehead atoms. The van der Waals surface area contributed by atoms with Crippen molar-refractivity contribution < 1.29 is 9.36 Å². The molecule has 2 aromatic rings. The monoisotopic (exact) mass is 315 g/mol. The molecule has 1 N–H and O–H groups in total. The topological polar surface area (TPSA) is 46.2 Å². The third-order valence-electron chi connectivity index (χ3n) is 3.42. The number of benzene rings is 2. The highest BCUT2D eigenvalue weighted by molar-refractivity contribution is 7.79. The molecule has 0 fully saturated rings. The van der Waals surface area contributed by atoms with Crippen LogP contribution in [0.3, 0.4) is 0 Å². The highest BCUT2D eigenvalue weighted by Gasteiger charge is 2.29. The summed E-state index contributed by atoms with van der Waals surface area (Å²) in [6.07, 6.45) is 0.00769. The minimum absolute atomic E-state index is 0.00769. The van der Waals surface area contributed by atoms with Gasteiger partial charge in [-0.05, 0) is 5.92 Å². The van der Waals surface area contributed by atoms with E-state index in [4.69, 9.17) is 0 Å². The number of nitrogens with one attached hydrogen (secondary N) is 1. The average Bonchev–Trinajstić information content (AvgIpc) is 2.54. The summed E-state index contributed by atoms with van der Waals surface area (Å²) >= 11 is 0. The first-order valence-electron chi connectivity index (χ1n) is 7.49. The van der Waals surface area contributed by atoms with Crippen LogP contribution in [0.5, 0.6) is 0 Å². The van der Waals surface area contributed by atoms with Gasteiger partial charge in [0.05, 0.1) is 6.16 Å². The lowest BCUT2D eigenvalue weighted by Crippen LogP contribution is -2.33. The first kappa shape index (κ1) is 16.5. The van der Waals surface area contributed by atoms with E-state index in [1.807, 2.05) is 74.5 Å². The third kappa shape index (κ3) is 4.08. The zero-order valence-electron chi connectivity index (χ0n) is 13.0. The summed E-state index contributed by atoms with van der Waals surface area (Å²) in [7, 11) is -2.95. The summed E-state index contributed by atoms with van der Waals surface area (Å²) in [5.74, 6) is 0.210. The molecule has 0 aliphatic rings. The molecule has 0 aliphatic heterocycles. The molecule has 2 rings (SSSR count). The second-order valence-electron chi connectivity index (χ2n) is 5.77. The predicted molar refractivity (Wildman–Crippen MR) is 92.5 cm³/mol. The molecular weight excluding hydrogens is 293 g/mol. The van der Waals surface area contributed by atoms with Gasteiger partial charge >= 0.3 is 0 Å². The first-order chi connectivity index (χ1) is 10.5. The maximum Gasteiger partial charge on any atom is 0.228 e. The number of amides is 1. The smallest absolute Gasteiger partial charge is 0.228 e. The van der Waals surface area contributed by atoms with Crippen molar-refractivity contribution in [1.82, 2.24) is 5.32 Å². The molecule has 2 aromatic carbocycles. The second kappa shape index (κ2) is 7.42. The van der Waals surface area contributed by atoms with Crippen molar-refractivity contribution in [1.29, 1.82) is 0 Å². The molecule has 116 valence electrons. The lowest BCUT2D eigenvalue weighted by atomic mass is 10.2. The number of hydrogen-bond donors (Lipinski definition) is 1. The second-order valence-corrected chi connectivity index (χ2v) is 8.60. The van der Waals surface area contributed by atoms with Gasteiger partial charge in [0.15, 0.2) is 7.14 Å². The maximum atomic E-state index is 13.6. The van der Waals surface area contributed by atoms with E-state index < -0.39 is 7.14 Å². The Labute approximate surface area is 132 Å². The standard InChI is InChI=1S/C18H22NO2P/c1-15(2)13-19-18(20)14-22(21,16-9-5-3-6-10-16)17-11-7-4-8-12-17/h3-12,15H,13-14H2,1-2H3,(H,19,20). The Morgan fingerprint density at radius 3 is 1.82 bits per heavy atom. The summed E-state index contributed by atoms with van der Waals surface area (Å²) in [5, 5.41) is 4.31. The molecular formula is C18H22NO2P. The Bertz CT molecular complexity index is 610. The molecule has 0 aliphatic carbocycles. The number of hydrogen-bond acceptors (Lipinski definition) is 2. The normalized spacial score (nSPS) is 11.4. The Morgan fingerprint density at radius 2 is 1.41 bits per heavy atom. The van der Waals surface area contributed by atoms with Gasteiger partial charge in [0.1, 0.15) is 0 Å². The van der Waals surface area contributed by atoms with Gasteiger partial charge in [-0.3, -0.25) is 4.79 Å². The van der Waals surface area contributed by atoms with Crippen molar-refractivity contribution in [3.05, 3.63) is 60.7 Å². The fourth-order valence-electron chi connectivity index (χ4n) is 2.25. The molecule has 3 nitrogen and oxygen atoms in total. The van der Waals surface area contributed by atoms with Crippen LogP contribution in [0.4, 0.5) is 0 Å². The van der Waals surface area contributed by atoms with Crippen LogP contribution in [0.25, 0.3) is 0 Å². The molecule has 0 heterocycles. The average molecular weight is 315 g/mol. The van der Waals surface area contributed by atoms with Crippen molar-refractivity contribution in [3.8, 4) is 0 Å². The SMILES string of the molecule is CC(C)CNC(=O)CP(=O)(c1ccccc1)c1ccccc1. The van der Waals surface area contributed by atoms with Gasteiger partial charge in [-0.15, -0.1) is 0 Å². The van der Waals surface area contributed by atoms with Gasteiger partial charge in [0, 0.05) is 17.2 Å². The lowest BCUT2D eigenvalue weighted by molar-refractivity contribution is -0.118. The molecule has 0 radical (unpaired) electrons. The quantitative estimate of drug-likeness (QED) is 0.833. The van der Waals surface area contributed by atoms with Crippen LogP contribution in [0.1, 0.15) is 13.8 Å². The Hall–Kier alpha value is -1.86. The fourth-order valence-corrected chi connectivity index (χ4v) is 4.73. The van der Waals surface area contributed by atoms with Crippen molar-refractivity contribution >= 4 is 23.7 Å². The van der Waals surface area contributed by atoms with Gasteiger partial charge < -0.3 is 9.88 Å². The molecule has 1 amide bonds. The minimum Gasteiger partial charge on any atom is -0.355 e. The lowest BCUT2D eigenvalue weighted by Gasteiger charge is -2.19. The van der Waals surface area contributed by atoms with E-state index in [0.29, 0.717) is 12.5 Å². The zero-order chi connectivity index (χ0) is 16.0. The van der Waals surface area contributed by atoms with Crippen LogP contribution in [-0.2, 0) is 9.36 Å². The molecule has 0 saturated heterocycles. The van der Waals surface area contributed by atoms with Crippen molar-refractivity contribution in [2.75, 3.05) is 12.7 Å². The van der Waals surface area contributed by atoms with Crippen LogP contribution in [0.15, 0.2) is 60.7 Å². The van der Waals surface area contributed by atoms with E-state index in [2.05, 4.69) is 5.32 Å². The van der Waals surface area contributed by atoms with E-state index in [0.717, 1.165) is 10.6 Å². The number of rotatable bonds is 6. The molecule has 0 unspecified atom stereocenters. The molecule has 0 atom stereocenters. The highest BCUT2D eigenvalue weighted by atomic mass is 31.2. The van der Waals surface area contributed by atoms with Crippen LogP contribution < -0.4 is 15.9 Å². The summed E-state index contributed by atoms with van der Waals surface area (Å²) in [6.45, 7) is 4.67. The molecule has 0 spiro atoms. The summed E-state index contributed by atoms with van der Waals surface area (Å²) in [4.78, 5) is 12.2. The van der Waals surface area contributed by atoms with Gasteiger partial charge in [-0.25, -0.2) is 0 Å². The number of carbonyl (C=O) groups excluding carboxylic acids is 1. The van der Waals surface area contributed by atoms with Crippen LogP contribution in [-0.4, -0.2) is 18.6 Å². The Kier molecular flexibility index (Phi) is 5.57. The zero-order valence-corrected chi connectivity index (χ0v) is 13.9. The minimum atomic E-state index is -2.95. The van der Waals surface area contributed by atoms with Crippen LogP contribution in [0, 0.1) is 5.92 Å². The fraction of sp³-hybridized carbons (Fsp3) is 0.278. The van der Waals surface area contributed by atoms with Crippen molar-refractivity contribution in [2.45, 2.75) is 13.8 Å². The van der Waals surface area contributed by atoms with Crippen LogP contribution in [0.2, 0.25) is 0 Å². The maximum absolute atomic E-state index is 13.6. The highest BCUT2D eigenvalue weighted by Crippen LogP contribution is 2.42. The Morgan fingerprint density at radius 1 is 0.955 bits per heavy atom. The molecule has 22 heavy (non-hydrogen) atoms. The summed E-state index contributed by atoms with van der Waals surface area (Å²) in [6, 6.07) is 18.6. The van der Waals surface area contributed by atoms with Crippen molar-refractivity contribution in [2.24, 2.45) is 5.92 Å². The predicted octanol–water partition coefficient (Wildman–Crippen LogP) is 2.77. The summed E-state index contributed by atoms with van der Waals surface area (Å²) < 4.78 is 13.6. The van der Waals surface area contributed by atoms with Gasteiger partial charge in [-0.2, -0.15) is 0 Å². The first-order valence-corrected chi connectivity index (χ1v) is 9.38. The molecule has 0 saturated carbocycles. The Balaban J connectivity index is 2.31. The van der Waals surface area contributed by atoms with Gasteiger partial charge in [0.25, 0.3) is 0 Å². The largest absolute Gasteiger partial charge is 0.355 e. The summed E-state index contributed by atoms with van der Waals surface area (Å²) in [5.41, 5.74) is 0. The van der Waals surface area contributed by atoms with Gasteiger partial charge in [0.2, 0.25) is 5.91 Å². The van der Waals surface area contributed by atoms with E-state index in [1.54, 1.807) is 0 Å². The molecule has 4 heteroatoms. The third-order valence-corrected chi connectivity index (χ3v) is 6.42.